The third-order valence-electron chi connectivity index (χ3n) is 5.35. The van der Waals surface area contributed by atoms with Gasteiger partial charge in [0.25, 0.3) is 5.91 Å². The van der Waals surface area contributed by atoms with Gasteiger partial charge in [0.2, 0.25) is 5.95 Å². The van der Waals surface area contributed by atoms with Crippen LogP contribution in [0.15, 0.2) is 61.1 Å². The molecule has 8 nitrogen and oxygen atoms in total. The summed E-state index contributed by atoms with van der Waals surface area (Å²) in [6, 6.07) is 13.2. The summed E-state index contributed by atoms with van der Waals surface area (Å²) in [5.74, 6) is 0.195. The van der Waals surface area contributed by atoms with Crippen molar-refractivity contribution in [1.29, 1.82) is 0 Å². The van der Waals surface area contributed by atoms with Gasteiger partial charge in [-0.15, -0.1) is 0 Å². The second kappa shape index (κ2) is 8.48. The number of anilines is 1. The number of aromatic nitrogens is 5. The maximum atomic E-state index is 12.7. The summed E-state index contributed by atoms with van der Waals surface area (Å²) in [5.41, 5.74) is 11.3. The van der Waals surface area contributed by atoms with Crippen LogP contribution in [-0.4, -0.2) is 30.2 Å². The van der Waals surface area contributed by atoms with Gasteiger partial charge in [-0.3, -0.25) is 19.2 Å². The highest BCUT2D eigenvalue weighted by Crippen LogP contribution is 2.20. The van der Waals surface area contributed by atoms with Crippen LogP contribution >= 0.6 is 11.6 Å². The number of nitrogen functional groups attached to an aromatic ring is 1. The molecular weight excluding hydrogens is 438 g/mol. The van der Waals surface area contributed by atoms with E-state index < -0.39 is 0 Å². The summed E-state index contributed by atoms with van der Waals surface area (Å²) in [6.07, 6.45) is 5.67. The number of carbonyl (C=O) groups excluding carboxylic acids is 1. The average Bonchev–Trinajstić information content (AvgIpc) is 3.10. The molecule has 4 heterocycles. The maximum Gasteiger partial charge on any atom is 0.251 e. The summed E-state index contributed by atoms with van der Waals surface area (Å²) in [5, 5.41) is 4.48. The highest BCUT2D eigenvalue weighted by molar-refractivity contribution is 6.31. The number of nitrogens with zero attached hydrogens (tertiary/aromatic N) is 5. The fourth-order valence-electron chi connectivity index (χ4n) is 3.73. The smallest absolute Gasteiger partial charge is 0.251 e. The molecular formula is C24H20ClN7O. The summed E-state index contributed by atoms with van der Waals surface area (Å²) < 4.78 is 1.71. The Hall–Kier alpha value is -4.04. The number of rotatable bonds is 5. The number of benzene rings is 1. The zero-order chi connectivity index (χ0) is 22.9. The van der Waals surface area contributed by atoms with Crippen LogP contribution < -0.4 is 11.1 Å². The van der Waals surface area contributed by atoms with Crippen LogP contribution in [0, 0.1) is 6.92 Å². The van der Waals surface area contributed by atoms with Crippen molar-refractivity contribution in [1.82, 2.24) is 29.7 Å². The van der Waals surface area contributed by atoms with E-state index in [4.69, 9.17) is 17.3 Å². The molecule has 1 amide bonds. The zero-order valence-corrected chi connectivity index (χ0v) is 18.5. The molecule has 0 saturated heterocycles. The Morgan fingerprint density at radius 2 is 1.97 bits per heavy atom. The molecule has 0 spiro atoms. The first kappa shape index (κ1) is 20.8. The van der Waals surface area contributed by atoms with E-state index in [1.165, 1.54) is 0 Å². The molecule has 0 aliphatic heterocycles. The van der Waals surface area contributed by atoms with Crippen molar-refractivity contribution in [2.75, 3.05) is 5.73 Å². The number of amides is 1. The molecule has 9 heteroatoms. The van der Waals surface area contributed by atoms with Crippen molar-refractivity contribution in [2.24, 2.45) is 0 Å². The molecule has 4 aromatic heterocycles. The Balaban J connectivity index is 1.29. The van der Waals surface area contributed by atoms with E-state index in [1.807, 2.05) is 37.3 Å². The van der Waals surface area contributed by atoms with Crippen molar-refractivity contribution in [3.63, 3.8) is 0 Å². The van der Waals surface area contributed by atoms with Gasteiger partial charge in [-0.05, 0) is 48.9 Å². The predicted molar refractivity (Wildman–Crippen MR) is 127 cm³/mol. The van der Waals surface area contributed by atoms with Crippen LogP contribution in [-0.2, 0) is 13.0 Å². The molecule has 0 saturated carbocycles. The van der Waals surface area contributed by atoms with Gasteiger partial charge < -0.3 is 11.1 Å². The molecule has 0 aliphatic carbocycles. The lowest BCUT2D eigenvalue weighted by molar-refractivity contribution is 0.0950. The summed E-state index contributed by atoms with van der Waals surface area (Å²) >= 11 is 6.06. The van der Waals surface area contributed by atoms with Crippen molar-refractivity contribution in [3.05, 3.63) is 94.3 Å². The number of carbonyl (C=O) groups is 1. The van der Waals surface area contributed by atoms with Gasteiger partial charge in [-0.2, -0.15) is 0 Å². The minimum atomic E-state index is -0.195. The molecule has 3 N–H and O–H groups in total. The SMILES string of the molecule is Cc1nc(N)n2ccc(CNC(=O)c3ccnc(Cc4ccc5ncc(Cl)cc5c4)c3)nc12. The number of aryl methyl sites for hydroxylation is 1. The van der Waals surface area contributed by atoms with Gasteiger partial charge in [0.15, 0.2) is 5.65 Å². The summed E-state index contributed by atoms with van der Waals surface area (Å²) in [7, 11) is 0. The van der Waals surface area contributed by atoms with E-state index in [1.54, 1.807) is 35.1 Å². The minimum Gasteiger partial charge on any atom is -0.369 e. The quantitative estimate of drug-likeness (QED) is 0.416. The van der Waals surface area contributed by atoms with Crippen molar-refractivity contribution >= 4 is 40.0 Å². The van der Waals surface area contributed by atoms with Crippen molar-refractivity contribution < 1.29 is 4.79 Å². The third-order valence-corrected chi connectivity index (χ3v) is 5.56. The number of pyridine rings is 2. The Kier molecular flexibility index (Phi) is 5.35. The highest BCUT2D eigenvalue weighted by Gasteiger charge is 2.11. The van der Waals surface area contributed by atoms with E-state index >= 15 is 0 Å². The summed E-state index contributed by atoms with van der Waals surface area (Å²) in [6.45, 7) is 2.14. The molecule has 33 heavy (non-hydrogen) atoms. The maximum absolute atomic E-state index is 12.7. The largest absolute Gasteiger partial charge is 0.369 e. The molecule has 0 atom stereocenters. The molecule has 0 bridgehead atoms. The first-order valence-corrected chi connectivity index (χ1v) is 10.7. The third kappa shape index (κ3) is 4.33. The number of hydrogen-bond acceptors (Lipinski definition) is 6. The van der Waals surface area contributed by atoms with Crippen LogP contribution in [0.5, 0.6) is 0 Å². The second-order valence-electron chi connectivity index (χ2n) is 7.74. The van der Waals surface area contributed by atoms with E-state index in [0.717, 1.165) is 33.5 Å². The molecule has 0 aliphatic rings. The topological polar surface area (TPSA) is 111 Å². The van der Waals surface area contributed by atoms with Gasteiger partial charge in [0, 0.05) is 41.7 Å². The lowest BCUT2D eigenvalue weighted by Crippen LogP contribution is -2.23. The standard InChI is InChI=1S/C24H20ClN7O/c1-14-22-31-19(5-7-32(22)24(26)30-14)13-29-23(33)16-4-6-27-20(11-16)9-15-2-3-21-17(8-15)10-18(25)12-28-21/h2-8,10-12H,9,13H2,1H3,(H2,26,30)(H,29,33). The number of hydrogen-bond donors (Lipinski definition) is 2. The fourth-order valence-corrected chi connectivity index (χ4v) is 3.90. The van der Waals surface area contributed by atoms with E-state index in [2.05, 4.69) is 25.3 Å². The molecule has 0 unspecified atom stereocenters. The van der Waals surface area contributed by atoms with Gasteiger partial charge in [0.05, 0.1) is 28.5 Å². The predicted octanol–water partition coefficient (Wildman–Crippen LogP) is 3.74. The number of imidazole rings is 1. The van der Waals surface area contributed by atoms with E-state index in [0.29, 0.717) is 28.6 Å². The lowest BCUT2D eigenvalue weighted by Gasteiger charge is -2.08. The normalized spacial score (nSPS) is 11.2. The van der Waals surface area contributed by atoms with Crippen LogP contribution in [0.3, 0.4) is 0 Å². The molecule has 5 rings (SSSR count). The molecule has 0 radical (unpaired) electrons. The van der Waals surface area contributed by atoms with Gasteiger partial charge in [-0.1, -0.05) is 17.7 Å². The van der Waals surface area contributed by atoms with Crippen molar-refractivity contribution in [3.8, 4) is 0 Å². The Morgan fingerprint density at radius 1 is 1.09 bits per heavy atom. The monoisotopic (exact) mass is 457 g/mol. The van der Waals surface area contributed by atoms with Crippen LogP contribution in [0.1, 0.15) is 33.0 Å². The van der Waals surface area contributed by atoms with Crippen LogP contribution in [0.25, 0.3) is 16.6 Å². The summed E-state index contributed by atoms with van der Waals surface area (Å²) in [4.78, 5) is 30.2. The van der Waals surface area contributed by atoms with Crippen LogP contribution in [0.2, 0.25) is 5.02 Å². The number of halogens is 1. The second-order valence-corrected chi connectivity index (χ2v) is 8.18. The number of nitrogens with one attached hydrogen (secondary N) is 1. The molecule has 1 aromatic carbocycles. The first-order valence-electron chi connectivity index (χ1n) is 10.3. The Morgan fingerprint density at radius 3 is 2.85 bits per heavy atom. The lowest BCUT2D eigenvalue weighted by atomic mass is 10.0. The molecule has 0 fully saturated rings. The van der Waals surface area contributed by atoms with E-state index in [-0.39, 0.29) is 12.5 Å². The van der Waals surface area contributed by atoms with Gasteiger partial charge in [0.1, 0.15) is 0 Å². The van der Waals surface area contributed by atoms with E-state index in [9.17, 15) is 4.79 Å². The Labute approximate surface area is 194 Å². The minimum absolute atomic E-state index is 0.195. The number of nitrogens with two attached hydrogens (primary N) is 1. The molecule has 164 valence electrons. The first-order chi connectivity index (χ1) is 16.0. The van der Waals surface area contributed by atoms with Gasteiger partial charge in [-0.25, -0.2) is 9.97 Å². The zero-order valence-electron chi connectivity index (χ0n) is 17.8. The van der Waals surface area contributed by atoms with Crippen molar-refractivity contribution in [2.45, 2.75) is 19.9 Å². The highest BCUT2D eigenvalue weighted by atomic mass is 35.5. The Bertz CT molecular complexity index is 1510. The average molecular weight is 458 g/mol. The molecule has 5 aromatic rings. The fraction of sp³-hybridized carbons (Fsp3) is 0.125. The van der Waals surface area contributed by atoms with Gasteiger partial charge >= 0.3 is 0 Å². The van der Waals surface area contributed by atoms with Crippen LogP contribution in [0.4, 0.5) is 5.95 Å². The number of fused-ring (bicyclic) bond motifs is 2.